The molecule has 1 unspecified atom stereocenters. The molecule has 3 aromatic carbocycles. The lowest BCUT2D eigenvalue weighted by atomic mass is 10.1. The maximum Gasteiger partial charge on any atom is 0.176 e. The first-order valence-electron chi connectivity index (χ1n) is 21.4. The van der Waals surface area contributed by atoms with Crippen LogP contribution in [-0.4, -0.2) is 56.5 Å². The van der Waals surface area contributed by atoms with Crippen LogP contribution in [0.1, 0.15) is 44.4 Å². The first-order chi connectivity index (χ1) is 24.5. The molecule has 0 aromatic heterocycles. The van der Waals surface area contributed by atoms with Gasteiger partial charge in [-0.3, -0.25) is 0 Å². The van der Waals surface area contributed by atoms with E-state index in [-0.39, 0.29) is 0 Å². The van der Waals surface area contributed by atoms with E-state index in [1.807, 2.05) is 20.8 Å². The largest absolute Gasteiger partial charge is 0.176 e. The fourth-order valence-electron chi connectivity index (χ4n) is 11.1. The Morgan fingerprint density at radius 1 is 0.327 bits per heavy atom. The van der Waals surface area contributed by atoms with E-state index in [0.29, 0.717) is 5.92 Å². The van der Waals surface area contributed by atoms with Crippen LogP contribution in [0.4, 0.5) is 0 Å². The second-order valence-electron chi connectivity index (χ2n) is 23.9. The average molecular weight is 856 g/mol. The maximum absolute atomic E-state index is 3.05. The lowest BCUT2D eigenvalue weighted by Crippen LogP contribution is -2.85. The molecule has 1 aliphatic rings. The summed E-state index contributed by atoms with van der Waals surface area (Å²) in [6.45, 7) is 65.3. The Labute approximate surface area is 348 Å². The maximum atomic E-state index is 2.76. The molecule has 0 fully saturated rings. The number of benzene rings is 3. The van der Waals surface area contributed by atoms with E-state index in [1.54, 1.807) is 47.8 Å². The fourth-order valence-corrected chi connectivity index (χ4v) is 41.1. The second kappa shape index (κ2) is 14.7. The molecule has 0 N–H and O–H groups in total. The van der Waals surface area contributed by atoms with Crippen molar-refractivity contribution in [1.29, 1.82) is 0 Å². The molecule has 302 valence electrons. The summed E-state index contributed by atoms with van der Waals surface area (Å²) in [7, 11) is -14.2. The van der Waals surface area contributed by atoms with Crippen molar-refractivity contribution in [1.82, 2.24) is 0 Å². The highest BCUT2D eigenvalue weighted by Gasteiger charge is 2.55. The van der Waals surface area contributed by atoms with E-state index in [4.69, 9.17) is 0 Å². The van der Waals surface area contributed by atoms with Gasteiger partial charge in [-0.2, -0.15) is 0 Å². The van der Waals surface area contributed by atoms with Gasteiger partial charge in [0, 0.05) is 0 Å². The van der Waals surface area contributed by atoms with Gasteiger partial charge in [0.05, 0.1) is 48.4 Å². The summed E-state index contributed by atoms with van der Waals surface area (Å²) in [6, 6.07) is 16.1. The third-order valence-corrected chi connectivity index (χ3v) is 32.3. The van der Waals surface area contributed by atoms with Crippen LogP contribution in [0.2, 0.25) is 118 Å². The molecule has 55 heavy (non-hydrogen) atoms. The van der Waals surface area contributed by atoms with E-state index in [2.05, 4.69) is 203 Å². The first kappa shape index (κ1) is 46.3. The van der Waals surface area contributed by atoms with Crippen LogP contribution in [0.3, 0.4) is 0 Å². The standard InChI is InChI=1S/C48H82Si7/c1-32-26-29-39(46(52(17,18)19)42(32)49(8,9)10)55(45-37(6)35(4)36(5)38(45)7,40-30-27-33(2)43(50(11,12)13)47(40)53(20,21)22)41-31-28-34(3)44(51(14,15)16)48(41)54(23,24)25/h26-31,37H,1-25H3. The number of hydrogen-bond acceptors (Lipinski definition) is 0. The lowest BCUT2D eigenvalue weighted by molar-refractivity contribution is 0.852. The Balaban J connectivity index is 2.74. The van der Waals surface area contributed by atoms with Gasteiger partial charge >= 0.3 is 0 Å². The minimum Gasteiger partial charge on any atom is -0.0656 e. The van der Waals surface area contributed by atoms with Gasteiger partial charge in [0.1, 0.15) is 0 Å². The Bertz CT molecular complexity index is 1870. The summed E-state index contributed by atoms with van der Waals surface area (Å²) in [6.07, 6.45) is 0. The highest BCUT2D eigenvalue weighted by molar-refractivity contribution is 7.24. The van der Waals surface area contributed by atoms with Crippen LogP contribution >= 0.6 is 0 Å². The number of rotatable bonds is 10. The average Bonchev–Trinajstić information content (AvgIpc) is 3.17. The molecule has 0 radical (unpaired) electrons. The van der Waals surface area contributed by atoms with Gasteiger partial charge < -0.3 is 0 Å². The summed E-state index contributed by atoms with van der Waals surface area (Å²) in [4.78, 5) is 0. The summed E-state index contributed by atoms with van der Waals surface area (Å²) >= 11 is 0. The first-order valence-corrected chi connectivity index (χ1v) is 44.4. The van der Waals surface area contributed by atoms with E-state index >= 15 is 0 Å². The molecule has 0 nitrogen and oxygen atoms in total. The molecular formula is C48H82Si7. The Morgan fingerprint density at radius 3 is 0.745 bits per heavy atom. The highest BCUT2D eigenvalue weighted by Crippen LogP contribution is 2.41. The third-order valence-electron chi connectivity index (χ3n) is 13.0. The smallest absolute Gasteiger partial charge is 0.0656 e. The SMILES string of the molecule is CC1=C(C)C(C)C([Si](c2ccc(C)c([Si](C)(C)C)c2[Si](C)(C)C)(c2ccc(C)c([Si](C)(C)C)c2[Si](C)(C)C)c2ccc(C)c([Si](C)(C)C)c2[Si](C)(C)C)=C1C. The zero-order valence-electron chi connectivity index (χ0n) is 40.5. The Hall–Kier alpha value is -1.34. The van der Waals surface area contributed by atoms with Crippen LogP contribution in [-0.2, 0) is 0 Å². The molecule has 1 aliphatic carbocycles. The van der Waals surface area contributed by atoms with Crippen molar-refractivity contribution in [3.63, 3.8) is 0 Å². The zero-order chi connectivity index (χ0) is 42.6. The summed E-state index contributed by atoms with van der Waals surface area (Å²) in [5.74, 6) is 0.398. The molecule has 0 saturated carbocycles. The molecule has 0 amide bonds. The fraction of sp³-hybridized carbons (Fsp3) is 0.542. The molecule has 0 saturated heterocycles. The van der Waals surface area contributed by atoms with Crippen molar-refractivity contribution >= 4 is 103 Å². The van der Waals surface area contributed by atoms with Crippen molar-refractivity contribution in [2.75, 3.05) is 0 Å². The van der Waals surface area contributed by atoms with Crippen LogP contribution in [0.15, 0.2) is 58.3 Å². The summed E-state index contributed by atoms with van der Waals surface area (Å²) in [5.41, 5.74) is 9.34. The normalized spacial score (nSPS) is 16.9. The Morgan fingerprint density at radius 2 is 0.564 bits per heavy atom. The van der Waals surface area contributed by atoms with Crippen molar-refractivity contribution in [2.24, 2.45) is 5.92 Å². The summed E-state index contributed by atoms with van der Waals surface area (Å²) in [5, 5.41) is 17.9. The van der Waals surface area contributed by atoms with Crippen molar-refractivity contribution in [3.8, 4) is 0 Å². The third kappa shape index (κ3) is 8.04. The van der Waals surface area contributed by atoms with Crippen LogP contribution < -0.4 is 46.7 Å². The van der Waals surface area contributed by atoms with Gasteiger partial charge in [0.15, 0.2) is 8.07 Å². The number of aryl methyl sites for hydroxylation is 3. The van der Waals surface area contributed by atoms with E-state index in [1.165, 1.54) is 16.7 Å². The van der Waals surface area contributed by atoms with Crippen molar-refractivity contribution < 1.29 is 0 Å². The van der Waals surface area contributed by atoms with Gasteiger partial charge in [-0.05, 0) is 68.6 Å². The second-order valence-corrected chi connectivity index (χ2v) is 57.5. The summed E-state index contributed by atoms with van der Waals surface area (Å²) < 4.78 is 0. The number of hydrogen-bond donors (Lipinski definition) is 0. The quantitative estimate of drug-likeness (QED) is 0.141. The van der Waals surface area contributed by atoms with Gasteiger partial charge in [-0.1, -0.05) is 225 Å². The predicted octanol–water partition coefficient (Wildman–Crippen LogP) is 9.20. The molecule has 3 aromatic rings. The van der Waals surface area contributed by atoms with Crippen LogP contribution in [0, 0.1) is 26.7 Å². The highest BCUT2D eigenvalue weighted by atomic mass is 28.3. The minimum absolute atomic E-state index is 0.398. The van der Waals surface area contributed by atoms with Crippen LogP contribution in [0.5, 0.6) is 0 Å². The van der Waals surface area contributed by atoms with Crippen molar-refractivity contribution in [3.05, 3.63) is 75.0 Å². The zero-order valence-corrected chi connectivity index (χ0v) is 47.5. The molecule has 0 heterocycles. The molecule has 1 atom stereocenters. The van der Waals surface area contributed by atoms with Gasteiger partial charge in [0.25, 0.3) is 0 Å². The van der Waals surface area contributed by atoms with E-state index < -0.39 is 56.5 Å². The Kier molecular flexibility index (Phi) is 12.4. The van der Waals surface area contributed by atoms with Gasteiger partial charge in [-0.15, -0.1) is 0 Å². The van der Waals surface area contributed by atoms with E-state index in [9.17, 15) is 0 Å². The van der Waals surface area contributed by atoms with Gasteiger partial charge in [0.2, 0.25) is 0 Å². The molecule has 0 spiro atoms. The predicted molar refractivity (Wildman–Crippen MR) is 276 cm³/mol. The minimum atomic E-state index is -3.05. The molecule has 7 heteroatoms. The van der Waals surface area contributed by atoms with Crippen LogP contribution in [0.25, 0.3) is 0 Å². The monoisotopic (exact) mass is 854 g/mol. The van der Waals surface area contributed by atoms with Gasteiger partial charge in [-0.25, -0.2) is 0 Å². The van der Waals surface area contributed by atoms with Crippen molar-refractivity contribution in [2.45, 2.75) is 166 Å². The number of allylic oxidation sites excluding steroid dienone is 4. The molecule has 0 bridgehead atoms. The van der Waals surface area contributed by atoms with E-state index in [0.717, 1.165) is 0 Å². The molecular weight excluding hydrogens is 773 g/mol. The topological polar surface area (TPSA) is 0 Å². The molecule has 0 aliphatic heterocycles. The molecule has 4 rings (SSSR count). The lowest BCUT2D eigenvalue weighted by Gasteiger charge is -2.48.